The SMILES string of the molecule is COC(C)c1c(C(=O)O)nnn1CC(C)CCO. The minimum Gasteiger partial charge on any atom is -0.476 e. The summed E-state index contributed by atoms with van der Waals surface area (Å²) in [5, 5.41) is 25.4. The molecule has 0 amide bonds. The van der Waals surface area contributed by atoms with Crippen LogP contribution in [0.3, 0.4) is 0 Å². The number of aliphatic hydroxyl groups is 1. The zero-order valence-electron chi connectivity index (χ0n) is 10.8. The average Bonchev–Trinajstić information content (AvgIpc) is 2.72. The standard InChI is InChI=1S/C11H19N3O4/c1-7(4-5-15)6-14-10(8(2)18-3)9(11(16)17)12-13-14/h7-8,15H,4-6H2,1-3H3,(H,16,17). The number of carboxylic acids is 1. The molecule has 0 radical (unpaired) electrons. The third kappa shape index (κ3) is 3.27. The summed E-state index contributed by atoms with van der Waals surface area (Å²) in [6.45, 7) is 4.30. The van der Waals surface area contributed by atoms with E-state index in [1.54, 1.807) is 6.92 Å². The maximum Gasteiger partial charge on any atom is 0.358 e. The molecular weight excluding hydrogens is 238 g/mol. The van der Waals surface area contributed by atoms with Crippen molar-refractivity contribution in [2.45, 2.75) is 32.9 Å². The van der Waals surface area contributed by atoms with Crippen LogP contribution in [-0.4, -0.2) is 44.9 Å². The van der Waals surface area contributed by atoms with Gasteiger partial charge in [-0.1, -0.05) is 12.1 Å². The van der Waals surface area contributed by atoms with Gasteiger partial charge in [-0.15, -0.1) is 5.10 Å². The molecule has 0 bridgehead atoms. The molecule has 0 fully saturated rings. The minimum absolute atomic E-state index is 0.0828. The van der Waals surface area contributed by atoms with E-state index in [1.807, 2.05) is 6.92 Å². The summed E-state index contributed by atoms with van der Waals surface area (Å²) in [4.78, 5) is 11.1. The number of methoxy groups -OCH3 is 1. The van der Waals surface area contributed by atoms with Gasteiger partial charge in [-0.25, -0.2) is 9.48 Å². The number of ether oxygens (including phenoxy) is 1. The first kappa shape index (κ1) is 14.6. The highest BCUT2D eigenvalue weighted by Gasteiger charge is 2.24. The van der Waals surface area contributed by atoms with Crippen LogP contribution in [0.25, 0.3) is 0 Å². The van der Waals surface area contributed by atoms with Gasteiger partial charge in [-0.2, -0.15) is 0 Å². The van der Waals surface area contributed by atoms with Gasteiger partial charge >= 0.3 is 5.97 Å². The zero-order chi connectivity index (χ0) is 13.7. The average molecular weight is 257 g/mol. The van der Waals surface area contributed by atoms with Gasteiger partial charge in [0.25, 0.3) is 0 Å². The van der Waals surface area contributed by atoms with Crippen LogP contribution in [0.2, 0.25) is 0 Å². The molecule has 102 valence electrons. The lowest BCUT2D eigenvalue weighted by atomic mass is 10.1. The van der Waals surface area contributed by atoms with Crippen LogP contribution < -0.4 is 0 Å². The monoisotopic (exact) mass is 257 g/mol. The van der Waals surface area contributed by atoms with Crippen molar-refractivity contribution in [2.75, 3.05) is 13.7 Å². The van der Waals surface area contributed by atoms with E-state index >= 15 is 0 Å². The lowest BCUT2D eigenvalue weighted by Crippen LogP contribution is -2.16. The minimum atomic E-state index is -1.12. The number of carbonyl (C=O) groups is 1. The topological polar surface area (TPSA) is 97.5 Å². The van der Waals surface area contributed by atoms with Crippen LogP contribution in [0.1, 0.15) is 42.6 Å². The molecule has 0 saturated carbocycles. The van der Waals surface area contributed by atoms with Gasteiger partial charge in [-0.3, -0.25) is 0 Å². The van der Waals surface area contributed by atoms with Crippen molar-refractivity contribution in [3.63, 3.8) is 0 Å². The summed E-state index contributed by atoms with van der Waals surface area (Å²) < 4.78 is 6.69. The molecule has 1 aromatic heterocycles. The Morgan fingerprint density at radius 2 is 2.17 bits per heavy atom. The smallest absolute Gasteiger partial charge is 0.358 e. The summed E-state index contributed by atoms with van der Waals surface area (Å²) in [5.74, 6) is -0.934. The molecule has 1 aromatic rings. The van der Waals surface area contributed by atoms with Crippen molar-refractivity contribution in [2.24, 2.45) is 5.92 Å². The Bertz CT molecular complexity index is 405. The number of rotatable bonds is 7. The van der Waals surface area contributed by atoms with Crippen LogP contribution in [0, 0.1) is 5.92 Å². The van der Waals surface area contributed by atoms with Crippen molar-refractivity contribution in [3.8, 4) is 0 Å². The highest BCUT2D eigenvalue weighted by atomic mass is 16.5. The van der Waals surface area contributed by atoms with Gasteiger partial charge < -0.3 is 14.9 Å². The fraction of sp³-hybridized carbons (Fsp3) is 0.727. The summed E-state index contributed by atoms with van der Waals surface area (Å²) in [7, 11) is 1.50. The molecule has 1 rings (SSSR count). The second kappa shape index (κ2) is 6.46. The lowest BCUT2D eigenvalue weighted by molar-refractivity contribution is 0.0673. The maximum atomic E-state index is 11.1. The van der Waals surface area contributed by atoms with Gasteiger partial charge in [0, 0.05) is 20.3 Å². The summed E-state index contributed by atoms with van der Waals surface area (Å²) in [6.07, 6.45) is 0.232. The molecule has 0 spiro atoms. The first-order valence-electron chi connectivity index (χ1n) is 5.81. The number of aromatic nitrogens is 3. The van der Waals surface area contributed by atoms with Gasteiger partial charge in [0.05, 0.1) is 6.10 Å². The van der Waals surface area contributed by atoms with Crippen LogP contribution in [0.4, 0.5) is 0 Å². The molecule has 0 aliphatic heterocycles. The molecule has 0 aliphatic rings. The van der Waals surface area contributed by atoms with Gasteiger partial charge in [0.2, 0.25) is 0 Å². The molecule has 2 unspecified atom stereocenters. The summed E-state index contributed by atoms with van der Waals surface area (Å²) >= 11 is 0. The molecule has 7 heteroatoms. The third-order valence-electron chi connectivity index (χ3n) is 2.82. The van der Waals surface area contributed by atoms with E-state index in [1.165, 1.54) is 11.8 Å². The molecule has 2 N–H and O–H groups in total. The predicted molar refractivity (Wildman–Crippen MR) is 63.3 cm³/mol. The molecule has 0 aliphatic carbocycles. The second-order valence-corrected chi connectivity index (χ2v) is 4.31. The Morgan fingerprint density at radius 3 is 2.67 bits per heavy atom. The quantitative estimate of drug-likeness (QED) is 0.746. The predicted octanol–water partition coefficient (Wildman–Crippen LogP) is 0.702. The third-order valence-corrected chi connectivity index (χ3v) is 2.82. The highest BCUT2D eigenvalue weighted by Crippen LogP contribution is 2.20. The maximum absolute atomic E-state index is 11.1. The Kier molecular flexibility index (Phi) is 5.24. The molecule has 0 aromatic carbocycles. The van der Waals surface area contributed by atoms with Crippen molar-refractivity contribution in [3.05, 3.63) is 11.4 Å². The number of carboxylic acid groups (broad SMARTS) is 1. The van der Waals surface area contributed by atoms with Crippen molar-refractivity contribution in [1.29, 1.82) is 0 Å². The van der Waals surface area contributed by atoms with Crippen molar-refractivity contribution in [1.82, 2.24) is 15.0 Å². The molecule has 0 saturated heterocycles. The largest absolute Gasteiger partial charge is 0.476 e. The van der Waals surface area contributed by atoms with E-state index in [0.29, 0.717) is 18.7 Å². The number of hydrogen-bond donors (Lipinski definition) is 2. The van der Waals surface area contributed by atoms with Crippen molar-refractivity contribution >= 4 is 5.97 Å². The number of hydrogen-bond acceptors (Lipinski definition) is 5. The first-order valence-corrected chi connectivity index (χ1v) is 5.81. The first-order chi connectivity index (χ1) is 8.51. The van der Waals surface area contributed by atoms with Gasteiger partial charge in [0.1, 0.15) is 5.69 Å². The fourth-order valence-corrected chi connectivity index (χ4v) is 1.73. The molecule has 2 atom stereocenters. The Labute approximate surface area is 105 Å². The summed E-state index contributed by atoms with van der Waals surface area (Å²) in [6, 6.07) is 0. The van der Waals surface area contributed by atoms with Crippen LogP contribution in [-0.2, 0) is 11.3 Å². The van der Waals surface area contributed by atoms with E-state index in [0.717, 1.165) is 0 Å². The Hall–Kier alpha value is -1.47. The van der Waals surface area contributed by atoms with E-state index < -0.39 is 12.1 Å². The van der Waals surface area contributed by atoms with Gasteiger partial charge in [-0.05, 0) is 19.3 Å². The van der Waals surface area contributed by atoms with Crippen LogP contribution in [0.15, 0.2) is 0 Å². The van der Waals surface area contributed by atoms with E-state index in [4.69, 9.17) is 14.9 Å². The van der Waals surface area contributed by atoms with Crippen LogP contribution in [0.5, 0.6) is 0 Å². The summed E-state index contributed by atoms with van der Waals surface area (Å²) in [5.41, 5.74) is 0.371. The molecule has 7 nitrogen and oxygen atoms in total. The Balaban J connectivity index is 3.00. The van der Waals surface area contributed by atoms with Crippen LogP contribution >= 0.6 is 0 Å². The fourth-order valence-electron chi connectivity index (χ4n) is 1.73. The number of aliphatic hydroxyl groups excluding tert-OH is 1. The van der Waals surface area contributed by atoms with E-state index in [2.05, 4.69) is 10.3 Å². The number of aromatic carboxylic acids is 1. The zero-order valence-corrected chi connectivity index (χ0v) is 10.8. The molecule has 18 heavy (non-hydrogen) atoms. The highest BCUT2D eigenvalue weighted by molar-refractivity contribution is 5.86. The lowest BCUT2D eigenvalue weighted by Gasteiger charge is -2.15. The van der Waals surface area contributed by atoms with Crippen molar-refractivity contribution < 1.29 is 19.7 Å². The normalized spacial score (nSPS) is 14.4. The van der Waals surface area contributed by atoms with E-state index in [9.17, 15) is 4.79 Å². The second-order valence-electron chi connectivity index (χ2n) is 4.31. The number of nitrogens with zero attached hydrogens (tertiary/aromatic N) is 3. The molecule has 1 heterocycles. The molecular formula is C11H19N3O4. The van der Waals surface area contributed by atoms with E-state index in [-0.39, 0.29) is 18.2 Å². The van der Waals surface area contributed by atoms with Gasteiger partial charge in [0.15, 0.2) is 5.69 Å². The Morgan fingerprint density at radius 1 is 1.50 bits per heavy atom.